The first-order valence-electron chi connectivity index (χ1n) is 11.7. The van der Waals surface area contributed by atoms with Gasteiger partial charge >= 0.3 is 6.03 Å². The highest BCUT2D eigenvalue weighted by molar-refractivity contribution is 9.10. The Labute approximate surface area is 233 Å². The van der Waals surface area contributed by atoms with Crippen LogP contribution in [-0.2, 0) is 16.2 Å². The summed E-state index contributed by atoms with van der Waals surface area (Å²) in [5.74, 6) is -0.141. The summed E-state index contributed by atoms with van der Waals surface area (Å²) in [6.45, 7) is 2.74. The van der Waals surface area contributed by atoms with E-state index >= 15 is 0 Å². The summed E-state index contributed by atoms with van der Waals surface area (Å²) in [6.07, 6.45) is 2.24. The first-order chi connectivity index (χ1) is 18.3. The molecule has 0 spiro atoms. The van der Waals surface area contributed by atoms with Crippen LogP contribution in [0, 0.1) is 0 Å². The minimum absolute atomic E-state index is 0.204. The van der Waals surface area contributed by atoms with E-state index in [1.54, 1.807) is 42.5 Å². The van der Waals surface area contributed by atoms with E-state index in [9.17, 15) is 14.4 Å². The van der Waals surface area contributed by atoms with Crippen molar-refractivity contribution in [2.75, 3.05) is 18.6 Å². The van der Waals surface area contributed by atoms with E-state index in [4.69, 9.17) is 25.8 Å². The molecule has 1 N–H and O–H groups in total. The Hall–Kier alpha value is -3.82. The van der Waals surface area contributed by atoms with E-state index in [-0.39, 0.29) is 12.2 Å². The molecule has 1 fully saturated rings. The number of urea groups is 1. The molecule has 0 aromatic heterocycles. The molecule has 8 nitrogen and oxygen atoms in total. The Morgan fingerprint density at radius 2 is 1.76 bits per heavy atom. The van der Waals surface area contributed by atoms with Gasteiger partial charge in [-0.15, -0.1) is 0 Å². The van der Waals surface area contributed by atoms with Crippen LogP contribution in [0.2, 0.25) is 5.02 Å². The first-order valence-corrected chi connectivity index (χ1v) is 12.9. The largest absolute Gasteiger partial charge is 0.494 e. The van der Waals surface area contributed by atoms with E-state index in [2.05, 4.69) is 21.2 Å². The lowest BCUT2D eigenvalue weighted by atomic mass is 10.1. The number of hydrogen-bond acceptors (Lipinski definition) is 6. The topological polar surface area (TPSA) is 94.2 Å². The molecule has 0 unspecified atom stereocenters. The van der Waals surface area contributed by atoms with Crippen LogP contribution in [0.3, 0.4) is 0 Å². The fraction of sp³-hybridized carbons (Fsp3) is 0.179. The molecule has 1 heterocycles. The summed E-state index contributed by atoms with van der Waals surface area (Å²) >= 11 is 9.70. The molecule has 1 aliphatic rings. The van der Waals surface area contributed by atoms with Crippen molar-refractivity contribution in [2.45, 2.75) is 20.0 Å². The molecule has 4 rings (SSSR count). The van der Waals surface area contributed by atoms with E-state index in [0.29, 0.717) is 44.6 Å². The van der Waals surface area contributed by atoms with Gasteiger partial charge in [0.15, 0.2) is 11.5 Å². The van der Waals surface area contributed by atoms with E-state index in [1.807, 2.05) is 25.1 Å². The molecule has 196 valence electrons. The van der Waals surface area contributed by atoms with Gasteiger partial charge in [0.1, 0.15) is 17.9 Å². The second kappa shape index (κ2) is 12.1. The fourth-order valence-electron chi connectivity index (χ4n) is 3.70. The minimum atomic E-state index is -0.832. The standard InChI is InChI=1S/C28H24BrClN2O6/c1-3-12-37-20-10-8-19(9-11-20)32-27(34)21(26(33)31-28(32)35)13-17-14-22(29)25(24(15-17)36-2)38-16-18-6-4-5-7-23(18)30/h4-11,13-15H,3,12,16H2,1-2H3,(H,31,33,35)/b21-13-. The van der Waals surface area contributed by atoms with Crippen molar-refractivity contribution in [3.8, 4) is 17.2 Å². The maximum absolute atomic E-state index is 13.3. The second-order valence-corrected chi connectivity index (χ2v) is 9.48. The number of anilines is 1. The molecule has 1 aliphatic heterocycles. The van der Waals surface area contributed by atoms with Crippen molar-refractivity contribution >= 4 is 57.1 Å². The molecule has 0 saturated carbocycles. The van der Waals surface area contributed by atoms with Gasteiger partial charge in [-0.05, 0) is 76.5 Å². The number of rotatable bonds is 9. The molecule has 0 radical (unpaired) electrons. The summed E-state index contributed by atoms with van der Waals surface area (Å²) in [6, 6.07) is 16.3. The zero-order valence-electron chi connectivity index (χ0n) is 20.6. The predicted molar refractivity (Wildman–Crippen MR) is 148 cm³/mol. The number of nitrogens with one attached hydrogen (secondary N) is 1. The van der Waals surface area contributed by atoms with Crippen LogP contribution in [0.15, 0.2) is 70.7 Å². The number of amides is 4. The van der Waals surface area contributed by atoms with Gasteiger partial charge in [0.25, 0.3) is 11.8 Å². The third-order valence-corrected chi connectivity index (χ3v) is 6.52. The van der Waals surface area contributed by atoms with Crippen molar-refractivity contribution in [3.05, 3.63) is 86.9 Å². The Morgan fingerprint density at radius 1 is 1.03 bits per heavy atom. The summed E-state index contributed by atoms with van der Waals surface area (Å²) < 4.78 is 17.5. The number of methoxy groups -OCH3 is 1. The van der Waals surface area contributed by atoms with Gasteiger partial charge < -0.3 is 14.2 Å². The molecule has 3 aromatic rings. The highest BCUT2D eigenvalue weighted by Gasteiger charge is 2.37. The van der Waals surface area contributed by atoms with Crippen molar-refractivity contribution in [1.82, 2.24) is 5.32 Å². The Bertz CT molecular complexity index is 1410. The van der Waals surface area contributed by atoms with Crippen LogP contribution in [0.1, 0.15) is 24.5 Å². The van der Waals surface area contributed by atoms with Crippen LogP contribution in [-0.4, -0.2) is 31.6 Å². The number of carbonyl (C=O) groups excluding carboxylic acids is 3. The number of halogens is 2. The van der Waals surface area contributed by atoms with Crippen molar-refractivity contribution < 1.29 is 28.6 Å². The first kappa shape index (κ1) is 27.2. The van der Waals surface area contributed by atoms with Crippen molar-refractivity contribution in [1.29, 1.82) is 0 Å². The Morgan fingerprint density at radius 3 is 2.45 bits per heavy atom. The van der Waals surface area contributed by atoms with E-state index in [0.717, 1.165) is 16.9 Å². The summed E-state index contributed by atoms with van der Waals surface area (Å²) in [7, 11) is 1.48. The molecule has 0 aliphatic carbocycles. The van der Waals surface area contributed by atoms with Gasteiger partial charge in [0, 0.05) is 10.6 Å². The maximum Gasteiger partial charge on any atom is 0.335 e. The normalized spacial score (nSPS) is 14.5. The van der Waals surface area contributed by atoms with Crippen LogP contribution in [0.25, 0.3) is 6.08 Å². The van der Waals surface area contributed by atoms with Gasteiger partial charge in [-0.3, -0.25) is 14.9 Å². The monoisotopic (exact) mass is 598 g/mol. The molecular weight excluding hydrogens is 576 g/mol. The Kier molecular flexibility index (Phi) is 8.70. The molecule has 0 bridgehead atoms. The molecule has 38 heavy (non-hydrogen) atoms. The lowest BCUT2D eigenvalue weighted by Crippen LogP contribution is -2.54. The van der Waals surface area contributed by atoms with Crippen LogP contribution >= 0.6 is 27.5 Å². The molecule has 4 amide bonds. The lowest BCUT2D eigenvalue weighted by molar-refractivity contribution is -0.122. The summed E-state index contributed by atoms with van der Waals surface area (Å²) in [5.41, 5.74) is 1.37. The molecular formula is C28H24BrClN2O6. The maximum atomic E-state index is 13.3. The average Bonchev–Trinajstić information content (AvgIpc) is 2.90. The third kappa shape index (κ3) is 6.00. The second-order valence-electron chi connectivity index (χ2n) is 8.21. The van der Waals surface area contributed by atoms with Crippen LogP contribution in [0.5, 0.6) is 17.2 Å². The number of nitrogens with zero attached hydrogens (tertiary/aromatic N) is 1. The number of imide groups is 2. The predicted octanol–water partition coefficient (Wildman–Crippen LogP) is 6.15. The summed E-state index contributed by atoms with van der Waals surface area (Å²) in [5, 5.41) is 2.80. The van der Waals surface area contributed by atoms with Gasteiger partial charge in [0.05, 0.1) is 23.9 Å². The van der Waals surface area contributed by atoms with Gasteiger partial charge in [-0.2, -0.15) is 0 Å². The Balaban J connectivity index is 1.60. The SMILES string of the molecule is CCCOc1ccc(N2C(=O)NC(=O)/C(=C/c3cc(Br)c(OCc4ccccc4Cl)c(OC)c3)C2=O)cc1. The molecule has 1 saturated heterocycles. The number of ether oxygens (including phenoxy) is 3. The van der Waals surface area contributed by atoms with Crippen LogP contribution < -0.4 is 24.4 Å². The molecule has 3 aromatic carbocycles. The summed E-state index contributed by atoms with van der Waals surface area (Å²) in [4.78, 5) is 39.3. The van der Waals surface area contributed by atoms with Crippen molar-refractivity contribution in [2.24, 2.45) is 0 Å². The van der Waals surface area contributed by atoms with Gasteiger partial charge in [0.2, 0.25) is 0 Å². The van der Waals surface area contributed by atoms with Crippen LogP contribution in [0.4, 0.5) is 10.5 Å². The third-order valence-electron chi connectivity index (χ3n) is 5.56. The lowest BCUT2D eigenvalue weighted by Gasteiger charge is -2.26. The molecule has 10 heteroatoms. The number of carbonyl (C=O) groups is 3. The zero-order valence-corrected chi connectivity index (χ0v) is 23.0. The van der Waals surface area contributed by atoms with E-state index in [1.165, 1.54) is 13.2 Å². The quantitative estimate of drug-likeness (QED) is 0.234. The van der Waals surface area contributed by atoms with Gasteiger partial charge in [-0.1, -0.05) is 36.7 Å². The highest BCUT2D eigenvalue weighted by atomic mass is 79.9. The zero-order chi connectivity index (χ0) is 27.2. The smallest absolute Gasteiger partial charge is 0.335 e. The average molecular weight is 600 g/mol. The highest BCUT2D eigenvalue weighted by Crippen LogP contribution is 2.38. The number of benzene rings is 3. The minimum Gasteiger partial charge on any atom is -0.494 e. The fourth-order valence-corrected chi connectivity index (χ4v) is 4.46. The number of barbiturate groups is 1. The number of hydrogen-bond donors (Lipinski definition) is 1. The van der Waals surface area contributed by atoms with E-state index < -0.39 is 17.8 Å². The van der Waals surface area contributed by atoms with Gasteiger partial charge in [-0.25, -0.2) is 9.69 Å². The molecule has 0 atom stereocenters. The van der Waals surface area contributed by atoms with Crippen molar-refractivity contribution in [3.63, 3.8) is 0 Å².